The molecule has 7 nitrogen and oxygen atoms in total. The van der Waals surface area contributed by atoms with Gasteiger partial charge in [-0.25, -0.2) is 4.79 Å². The van der Waals surface area contributed by atoms with Crippen LogP contribution in [0.15, 0.2) is 35.3 Å². The second kappa shape index (κ2) is 8.85. The molecule has 2 aromatic rings. The molecule has 4 atom stereocenters. The van der Waals surface area contributed by atoms with E-state index in [4.69, 9.17) is 9.47 Å². The normalized spacial score (nSPS) is 25.8. The van der Waals surface area contributed by atoms with E-state index in [0.717, 1.165) is 36.3 Å². The zero-order valence-electron chi connectivity index (χ0n) is 18.3. The quantitative estimate of drug-likeness (QED) is 0.714. The van der Waals surface area contributed by atoms with Crippen LogP contribution in [0.1, 0.15) is 40.0 Å². The van der Waals surface area contributed by atoms with E-state index in [9.17, 15) is 14.7 Å². The third kappa shape index (κ3) is 4.52. The van der Waals surface area contributed by atoms with Gasteiger partial charge in [-0.1, -0.05) is 6.07 Å². The maximum atomic E-state index is 12.2. The minimum absolute atomic E-state index is 0.100. The van der Waals surface area contributed by atoms with Gasteiger partial charge in [0.15, 0.2) is 5.43 Å². The van der Waals surface area contributed by atoms with Crippen molar-refractivity contribution in [1.29, 1.82) is 0 Å². The SMILES string of the molecule is COC(=O)c1cccc(O[C@@H]2C[C@@H]3CN(Cc4[nH]cc(C)c(=O)c4C)C[C@@H]3C[C@H]2O)c1. The van der Waals surface area contributed by atoms with Gasteiger partial charge < -0.3 is 19.6 Å². The lowest BCUT2D eigenvalue weighted by Gasteiger charge is -2.35. The van der Waals surface area contributed by atoms with Crippen molar-refractivity contribution in [1.82, 2.24) is 9.88 Å². The number of aromatic nitrogens is 1. The summed E-state index contributed by atoms with van der Waals surface area (Å²) in [6.45, 7) is 6.22. The van der Waals surface area contributed by atoms with Crippen molar-refractivity contribution in [2.45, 2.75) is 45.4 Å². The lowest BCUT2D eigenvalue weighted by molar-refractivity contribution is -0.0231. The van der Waals surface area contributed by atoms with Gasteiger partial charge in [0.05, 0.1) is 18.8 Å². The number of carbonyl (C=O) groups is 1. The summed E-state index contributed by atoms with van der Waals surface area (Å²) >= 11 is 0. The highest BCUT2D eigenvalue weighted by Crippen LogP contribution is 2.38. The molecule has 4 rings (SSSR count). The number of benzene rings is 1. The zero-order valence-corrected chi connectivity index (χ0v) is 18.3. The number of hydrogen-bond acceptors (Lipinski definition) is 6. The molecule has 0 unspecified atom stereocenters. The van der Waals surface area contributed by atoms with Crippen LogP contribution in [0.5, 0.6) is 5.75 Å². The van der Waals surface area contributed by atoms with Gasteiger partial charge in [-0.3, -0.25) is 9.69 Å². The first-order valence-electron chi connectivity index (χ1n) is 10.8. The molecule has 1 aliphatic carbocycles. The number of rotatable bonds is 5. The third-order valence-electron chi connectivity index (χ3n) is 6.70. The molecule has 1 aromatic carbocycles. The topological polar surface area (TPSA) is 91.9 Å². The average Bonchev–Trinajstić information content (AvgIpc) is 3.15. The summed E-state index contributed by atoms with van der Waals surface area (Å²) in [6.07, 6.45) is 2.36. The molecule has 1 saturated heterocycles. The summed E-state index contributed by atoms with van der Waals surface area (Å²) in [5.41, 5.74) is 3.00. The van der Waals surface area contributed by atoms with Crippen molar-refractivity contribution in [3.8, 4) is 5.75 Å². The number of fused-ring (bicyclic) bond motifs is 1. The van der Waals surface area contributed by atoms with E-state index < -0.39 is 12.1 Å². The molecule has 2 N–H and O–H groups in total. The van der Waals surface area contributed by atoms with E-state index >= 15 is 0 Å². The van der Waals surface area contributed by atoms with Gasteiger partial charge >= 0.3 is 5.97 Å². The Kier molecular flexibility index (Phi) is 6.16. The van der Waals surface area contributed by atoms with Crippen LogP contribution in [-0.4, -0.2) is 53.4 Å². The fourth-order valence-corrected chi connectivity index (χ4v) is 4.92. The molecule has 2 aliphatic rings. The number of nitrogens with zero attached hydrogens (tertiary/aromatic N) is 1. The van der Waals surface area contributed by atoms with E-state index in [0.29, 0.717) is 36.1 Å². The van der Waals surface area contributed by atoms with Crippen LogP contribution >= 0.6 is 0 Å². The first kappa shape index (κ1) is 21.6. The number of carbonyl (C=O) groups excluding carboxylic acids is 1. The number of hydrogen-bond donors (Lipinski definition) is 2. The summed E-state index contributed by atoms with van der Waals surface area (Å²) in [5.74, 6) is 0.988. The second-order valence-electron chi connectivity index (χ2n) is 8.83. The smallest absolute Gasteiger partial charge is 0.337 e. The Hall–Kier alpha value is -2.64. The molecule has 2 heterocycles. The number of ether oxygens (including phenoxy) is 2. The molecule has 1 aromatic heterocycles. The summed E-state index contributed by atoms with van der Waals surface area (Å²) in [5, 5.41) is 10.7. The fourth-order valence-electron chi connectivity index (χ4n) is 4.92. The van der Waals surface area contributed by atoms with Gasteiger partial charge in [-0.15, -0.1) is 0 Å². The van der Waals surface area contributed by atoms with E-state index in [1.54, 1.807) is 30.5 Å². The number of aliphatic hydroxyl groups excluding tert-OH is 1. The minimum atomic E-state index is -0.552. The number of likely N-dealkylation sites (tertiary alicyclic amines) is 1. The Morgan fingerprint density at radius 2 is 1.97 bits per heavy atom. The van der Waals surface area contributed by atoms with Crippen LogP contribution in [0.4, 0.5) is 0 Å². The molecule has 1 saturated carbocycles. The summed E-state index contributed by atoms with van der Waals surface area (Å²) in [4.78, 5) is 29.6. The van der Waals surface area contributed by atoms with Gasteiger partial charge in [-0.05, 0) is 56.7 Å². The van der Waals surface area contributed by atoms with Crippen LogP contribution in [0.25, 0.3) is 0 Å². The van der Waals surface area contributed by atoms with Gasteiger partial charge in [0.1, 0.15) is 11.9 Å². The number of nitrogens with one attached hydrogen (secondary N) is 1. The molecule has 0 amide bonds. The predicted molar refractivity (Wildman–Crippen MR) is 116 cm³/mol. The van der Waals surface area contributed by atoms with Crippen molar-refractivity contribution >= 4 is 5.97 Å². The largest absolute Gasteiger partial charge is 0.488 e. The second-order valence-corrected chi connectivity index (χ2v) is 8.83. The fraction of sp³-hybridized carbons (Fsp3) is 0.500. The first-order chi connectivity index (χ1) is 14.9. The number of methoxy groups -OCH3 is 1. The highest BCUT2D eigenvalue weighted by atomic mass is 16.5. The van der Waals surface area contributed by atoms with Crippen LogP contribution in [0.3, 0.4) is 0 Å². The maximum Gasteiger partial charge on any atom is 0.337 e. The Balaban J connectivity index is 1.41. The minimum Gasteiger partial charge on any atom is -0.488 e. The Morgan fingerprint density at radius 3 is 2.71 bits per heavy atom. The van der Waals surface area contributed by atoms with Crippen molar-refractivity contribution < 1.29 is 19.4 Å². The van der Waals surface area contributed by atoms with Crippen LogP contribution in [0.2, 0.25) is 0 Å². The summed E-state index contributed by atoms with van der Waals surface area (Å²) < 4.78 is 10.9. The highest BCUT2D eigenvalue weighted by molar-refractivity contribution is 5.89. The molecule has 31 heavy (non-hydrogen) atoms. The lowest BCUT2D eigenvalue weighted by atomic mass is 9.78. The van der Waals surface area contributed by atoms with Gasteiger partial charge in [-0.2, -0.15) is 0 Å². The van der Waals surface area contributed by atoms with Gasteiger partial charge in [0, 0.05) is 42.7 Å². The molecule has 7 heteroatoms. The van der Waals surface area contributed by atoms with Crippen LogP contribution < -0.4 is 10.2 Å². The maximum absolute atomic E-state index is 12.2. The number of pyridine rings is 1. The van der Waals surface area contributed by atoms with Crippen LogP contribution in [-0.2, 0) is 11.3 Å². The van der Waals surface area contributed by atoms with Crippen LogP contribution in [0, 0.1) is 25.7 Å². The Labute approximate surface area is 182 Å². The van der Waals surface area contributed by atoms with Gasteiger partial charge in [0.2, 0.25) is 0 Å². The van der Waals surface area contributed by atoms with E-state index in [-0.39, 0.29) is 11.5 Å². The third-order valence-corrected chi connectivity index (χ3v) is 6.70. The molecular formula is C24H30N2O5. The molecule has 1 aliphatic heterocycles. The molecule has 2 fully saturated rings. The first-order valence-corrected chi connectivity index (χ1v) is 10.8. The predicted octanol–water partition coefficient (Wildman–Crippen LogP) is 2.43. The van der Waals surface area contributed by atoms with Gasteiger partial charge in [0.25, 0.3) is 0 Å². The van der Waals surface area contributed by atoms with E-state index in [1.165, 1.54) is 7.11 Å². The number of H-pyrrole nitrogens is 1. The average molecular weight is 427 g/mol. The standard InChI is InChI=1S/C24H30N2O5/c1-14-10-25-20(15(2)23(14)28)13-26-11-17-8-21(27)22(9-18(17)12-26)31-19-6-4-5-16(7-19)24(29)30-3/h4-7,10,17-18,21-22,27H,8-9,11-13H2,1-3H3,(H,25,28)/t17-,18+,21+,22+/m0/s1. The summed E-state index contributed by atoms with van der Waals surface area (Å²) in [6, 6.07) is 6.88. The molecule has 166 valence electrons. The highest BCUT2D eigenvalue weighted by Gasteiger charge is 2.42. The lowest BCUT2D eigenvalue weighted by Crippen LogP contribution is -2.42. The Bertz CT molecular complexity index is 1020. The number of aliphatic hydroxyl groups is 1. The molecule has 0 spiro atoms. The van der Waals surface area contributed by atoms with E-state index in [2.05, 4.69) is 9.88 Å². The molecular weight excluding hydrogens is 396 g/mol. The zero-order chi connectivity index (χ0) is 22.1. The molecule has 0 radical (unpaired) electrons. The van der Waals surface area contributed by atoms with Crippen molar-refractivity contribution in [2.24, 2.45) is 11.8 Å². The van der Waals surface area contributed by atoms with Crippen molar-refractivity contribution in [2.75, 3.05) is 20.2 Å². The van der Waals surface area contributed by atoms with E-state index in [1.807, 2.05) is 13.8 Å². The Morgan fingerprint density at radius 1 is 1.23 bits per heavy atom. The number of aromatic amines is 1. The summed E-state index contributed by atoms with van der Waals surface area (Å²) in [7, 11) is 1.35. The number of aryl methyl sites for hydroxylation is 1. The number of esters is 1. The monoisotopic (exact) mass is 426 g/mol. The molecule has 0 bridgehead atoms. The van der Waals surface area contributed by atoms with Crippen molar-refractivity contribution in [3.63, 3.8) is 0 Å². The van der Waals surface area contributed by atoms with Crippen molar-refractivity contribution in [3.05, 3.63) is 63.1 Å².